The van der Waals surface area contributed by atoms with Crippen molar-refractivity contribution in [1.82, 2.24) is 0 Å². The summed E-state index contributed by atoms with van der Waals surface area (Å²) in [5.74, 6) is 5.47. The van der Waals surface area contributed by atoms with Crippen molar-refractivity contribution in [3.8, 4) is 12.1 Å². The van der Waals surface area contributed by atoms with Crippen LogP contribution in [0.25, 0.3) is 0 Å². The fraction of sp³-hybridized carbons (Fsp3) is 0.909. The molecule has 4 aliphatic rings. The van der Waals surface area contributed by atoms with Crippen molar-refractivity contribution in [2.75, 3.05) is 0 Å². The van der Waals surface area contributed by atoms with Gasteiger partial charge in [0.15, 0.2) is 0 Å². The van der Waals surface area contributed by atoms with E-state index in [4.69, 9.17) is 0 Å². The van der Waals surface area contributed by atoms with Gasteiger partial charge in [-0.15, -0.1) is 0 Å². The van der Waals surface area contributed by atoms with Crippen molar-refractivity contribution >= 4 is 0 Å². The minimum absolute atomic E-state index is 0.125. The second kappa shape index (κ2) is 5.24. The molecule has 2 nitrogen and oxygen atoms in total. The molecule has 0 bridgehead atoms. The van der Waals surface area contributed by atoms with Crippen LogP contribution >= 0.6 is 0 Å². The average Bonchev–Trinajstić information content (AvgIpc) is 2.58. The molecule has 0 aromatic carbocycles. The highest BCUT2D eigenvalue weighted by Crippen LogP contribution is 2.68. The summed E-state index contributed by atoms with van der Waals surface area (Å²) in [7, 11) is 0. The van der Waals surface area contributed by atoms with Gasteiger partial charge in [0, 0.05) is 0 Å². The first-order valence-corrected chi connectivity index (χ1v) is 10.2. The van der Waals surface area contributed by atoms with E-state index in [0.29, 0.717) is 29.6 Å². The van der Waals surface area contributed by atoms with Gasteiger partial charge in [0.05, 0.1) is 23.0 Å². The first kappa shape index (κ1) is 16.4. The second-order valence-corrected chi connectivity index (χ2v) is 10.2. The van der Waals surface area contributed by atoms with Crippen LogP contribution in [-0.4, -0.2) is 0 Å². The van der Waals surface area contributed by atoms with E-state index in [9.17, 15) is 10.5 Å². The largest absolute Gasteiger partial charge is 0.198 e. The third-order valence-corrected chi connectivity index (χ3v) is 9.37. The summed E-state index contributed by atoms with van der Waals surface area (Å²) in [6.07, 6.45) is 7.28. The molecule has 130 valence electrons. The zero-order chi connectivity index (χ0) is 17.3. The van der Waals surface area contributed by atoms with Crippen molar-refractivity contribution in [2.24, 2.45) is 58.2 Å². The topological polar surface area (TPSA) is 47.6 Å². The molecular formula is C22H32N2. The quantitative estimate of drug-likeness (QED) is 0.598. The molecule has 0 saturated heterocycles. The Hall–Kier alpha value is -1.02. The Labute approximate surface area is 147 Å². The molecule has 4 aliphatic carbocycles. The maximum absolute atomic E-state index is 10.0. The van der Waals surface area contributed by atoms with Gasteiger partial charge in [-0.05, 0) is 99.7 Å². The Morgan fingerprint density at radius 1 is 0.875 bits per heavy atom. The van der Waals surface area contributed by atoms with Crippen LogP contribution in [0.5, 0.6) is 0 Å². The predicted octanol–water partition coefficient (Wildman–Crippen LogP) is 5.41. The summed E-state index contributed by atoms with van der Waals surface area (Å²) >= 11 is 0. The van der Waals surface area contributed by atoms with E-state index in [2.05, 4.69) is 39.8 Å². The predicted molar refractivity (Wildman–Crippen MR) is 94.4 cm³/mol. The zero-order valence-electron chi connectivity index (χ0n) is 15.8. The standard InChI is InChI=1S/C22H32N2/c1-13-9-15-10-14(2)22(4,12-24)18-6-5-17-20(19(15)18)16(13)7-8-21(17,3)11-23/h13-20H,5-10H2,1-4H3. The normalized spacial score (nSPS) is 58.9. The van der Waals surface area contributed by atoms with Crippen LogP contribution in [0.2, 0.25) is 0 Å². The lowest BCUT2D eigenvalue weighted by atomic mass is 9.38. The molecule has 0 spiro atoms. The van der Waals surface area contributed by atoms with Gasteiger partial charge in [-0.2, -0.15) is 10.5 Å². The molecule has 10 atom stereocenters. The zero-order valence-corrected chi connectivity index (χ0v) is 15.8. The molecule has 10 unspecified atom stereocenters. The summed E-state index contributed by atoms with van der Waals surface area (Å²) in [5, 5.41) is 19.9. The van der Waals surface area contributed by atoms with Crippen molar-refractivity contribution in [3.05, 3.63) is 0 Å². The van der Waals surface area contributed by atoms with E-state index in [0.717, 1.165) is 24.2 Å². The number of rotatable bonds is 0. The summed E-state index contributed by atoms with van der Waals surface area (Å²) in [5.41, 5.74) is -0.280. The Kier molecular flexibility index (Phi) is 3.59. The molecule has 0 aliphatic heterocycles. The Morgan fingerprint density at radius 3 is 2.25 bits per heavy atom. The Morgan fingerprint density at radius 2 is 1.58 bits per heavy atom. The number of nitriles is 2. The summed E-state index contributed by atoms with van der Waals surface area (Å²) in [6.45, 7) is 9.28. The van der Waals surface area contributed by atoms with Gasteiger partial charge in [-0.3, -0.25) is 0 Å². The molecule has 0 N–H and O–H groups in total. The van der Waals surface area contributed by atoms with Crippen LogP contribution < -0.4 is 0 Å². The van der Waals surface area contributed by atoms with Gasteiger partial charge in [-0.25, -0.2) is 0 Å². The van der Waals surface area contributed by atoms with Gasteiger partial charge in [0.1, 0.15) is 0 Å². The van der Waals surface area contributed by atoms with Crippen LogP contribution in [0.3, 0.4) is 0 Å². The molecule has 0 radical (unpaired) electrons. The van der Waals surface area contributed by atoms with Crippen LogP contribution in [-0.2, 0) is 0 Å². The van der Waals surface area contributed by atoms with Crippen LogP contribution in [0.1, 0.15) is 66.2 Å². The fourth-order valence-corrected chi connectivity index (χ4v) is 7.92. The first-order chi connectivity index (χ1) is 11.4. The SMILES string of the molecule is CC1CC2CC(C)C(C)(C#N)C3CCC4C(C1CCC4(C)C#N)C23. The van der Waals surface area contributed by atoms with Gasteiger partial charge in [0.2, 0.25) is 0 Å². The van der Waals surface area contributed by atoms with Gasteiger partial charge >= 0.3 is 0 Å². The van der Waals surface area contributed by atoms with E-state index >= 15 is 0 Å². The van der Waals surface area contributed by atoms with Gasteiger partial charge in [0.25, 0.3) is 0 Å². The van der Waals surface area contributed by atoms with Gasteiger partial charge < -0.3 is 0 Å². The van der Waals surface area contributed by atoms with Crippen molar-refractivity contribution < 1.29 is 0 Å². The van der Waals surface area contributed by atoms with E-state index < -0.39 is 0 Å². The third kappa shape index (κ3) is 1.92. The highest BCUT2D eigenvalue weighted by molar-refractivity contribution is 5.18. The summed E-state index contributed by atoms with van der Waals surface area (Å²) in [6, 6.07) is 5.49. The molecule has 2 heteroatoms. The molecule has 24 heavy (non-hydrogen) atoms. The molecule has 0 aromatic rings. The van der Waals surface area contributed by atoms with E-state index in [1.807, 2.05) is 0 Å². The minimum atomic E-state index is -0.155. The number of hydrogen-bond donors (Lipinski definition) is 0. The monoisotopic (exact) mass is 324 g/mol. The molecule has 0 aromatic heterocycles. The number of hydrogen-bond acceptors (Lipinski definition) is 2. The molecule has 4 saturated carbocycles. The molecule has 4 fully saturated rings. The minimum Gasteiger partial charge on any atom is -0.198 e. The Balaban J connectivity index is 1.79. The van der Waals surface area contributed by atoms with E-state index in [-0.39, 0.29) is 10.8 Å². The van der Waals surface area contributed by atoms with Crippen molar-refractivity contribution in [2.45, 2.75) is 66.2 Å². The summed E-state index contributed by atoms with van der Waals surface area (Å²) in [4.78, 5) is 0. The first-order valence-electron chi connectivity index (χ1n) is 10.2. The van der Waals surface area contributed by atoms with Crippen LogP contribution in [0.4, 0.5) is 0 Å². The maximum Gasteiger partial charge on any atom is 0.0692 e. The third-order valence-electron chi connectivity index (χ3n) is 9.37. The van der Waals surface area contributed by atoms with E-state index in [1.165, 1.54) is 32.1 Å². The molecular weight excluding hydrogens is 292 g/mol. The van der Waals surface area contributed by atoms with Crippen molar-refractivity contribution in [3.63, 3.8) is 0 Å². The lowest BCUT2D eigenvalue weighted by Gasteiger charge is -2.65. The maximum atomic E-state index is 10.0. The van der Waals surface area contributed by atoms with Crippen molar-refractivity contribution in [1.29, 1.82) is 10.5 Å². The second-order valence-electron chi connectivity index (χ2n) is 10.2. The summed E-state index contributed by atoms with van der Waals surface area (Å²) < 4.78 is 0. The average molecular weight is 325 g/mol. The lowest BCUT2D eigenvalue weighted by molar-refractivity contribution is -0.164. The molecule has 0 heterocycles. The highest BCUT2D eigenvalue weighted by Gasteiger charge is 2.63. The smallest absolute Gasteiger partial charge is 0.0692 e. The Bertz CT molecular complexity index is 612. The van der Waals surface area contributed by atoms with Gasteiger partial charge in [-0.1, -0.05) is 13.8 Å². The lowest BCUT2D eigenvalue weighted by Crippen LogP contribution is -2.60. The van der Waals surface area contributed by atoms with E-state index in [1.54, 1.807) is 0 Å². The fourth-order valence-electron chi connectivity index (χ4n) is 7.92. The number of nitrogens with zero attached hydrogens (tertiary/aromatic N) is 2. The van der Waals surface area contributed by atoms with Crippen LogP contribution in [0.15, 0.2) is 0 Å². The highest BCUT2D eigenvalue weighted by atomic mass is 14.7. The molecule has 0 amide bonds. The molecule has 4 rings (SSSR count). The van der Waals surface area contributed by atoms with Crippen LogP contribution in [0, 0.1) is 80.8 Å².